The molecule has 0 spiro atoms. The summed E-state index contributed by atoms with van der Waals surface area (Å²) in [6.07, 6.45) is -0.241. The smallest absolute Gasteiger partial charge is 0.338 e. The summed E-state index contributed by atoms with van der Waals surface area (Å²) in [5.41, 5.74) is 3.16. The summed E-state index contributed by atoms with van der Waals surface area (Å²) >= 11 is 1.44. The van der Waals surface area contributed by atoms with Crippen molar-refractivity contribution in [3.8, 4) is 0 Å². The standard InChI is InChI=1S/C21H26N2O3S/c1-11(2)15-7-9-16(10-8-15)18-17(20(25)26-12(3)4)13(5)22-21-23(18)19(24)14(6)27-21/h7-12,14,18H,1-6H3/t14-,18+/m0/s1. The molecule has 5 nitrogen and oxygen atoms in total. The van der Waals surface area contributed by atoms with Crippen molar-refractivity contribution in [3.63, 3.8) is 0 Å². The van der Waals surface area contributed by atoms with Crippen LogP contribution in [0.3, 0.4) is 0 Å². The van der Waals surface area contributed by atoms with Crippen LogP contribution in [0.4, 0.5) is 0 Å². The fraction of sp³-hybridized carbons (Fsp3) is 0.476. The van der Waals surface area contributed by atoms with Gasteiger partial charge in [0.25, 0.3) is 0 Å². The predicted molar refractivity (Wildman–Crippen MR) is 109 cm³/mol. The van der Waals surface area contributed by atoms with E-state index in [0.717, 1.165) is 5.56 Å². The van der Waals surface area contributed by atoms with E-state index in [2.05, 4.69) is 31.0 Å². The molecular weight excluding hydrogens is 360 g/mol. The van der Waals surface area contributed by atoms with Gasteiger partial charge in [0.15, 0.2) is 5.17 Å². The third kappa shape index (κ3) is 3.68. The van der Waals surface area contributed by atoms with Crippen LogP contribution in [-0.2, 0) is 14.3 Å². The van der Waals surface area contributed by atoms with E-state index in [1.54, 1.807) is 4.90 Å². The van der Waals surface area contributed by atoms with Crippen LogP contribution >= 0.6 is 11.8 Å². The largest absolute Gasteiger partial charge is 0.459 e. The second-order valence-corrected chi connectivity index (χ2v) is 8.85. The number of hydrogen-bond donors (Lipinski definition) is 0. The molecule has 1 saturated heterocycles. The minimum atomic E-state index is -0.505. The highest BCUT2D eigenvalue weighted by Gasteiger charge is 2.46. The first kappa shape index (κ1) is 19.7. The van der Waals surface area contributed by atoms with Crippen molar-refractivity contribution < 1.29 is 14.3 Å². The van der Waals surface area contributed by atoms with Gasteiger partial charge >= 0.3 is 5.97 Å². The monoisotopic (exact) mass is 386 g/mol. The lowest BCUT2D eigenvalue weighted by Gasteiger charge is -2.33. The Labute approximate surface area is 164 Å². The first-order valence-electron chi connectivity index (χ1n) is 9.30. The number of benzene rings is 1. The number of esters is 1. The zero-order valence-electron chi connectivity index (χ0n) is 16.6. The lowest BCUT2D eigenvalue weighted by Crippen LogP contribution is -2.40. The fourth-order valence-electron chi connectivity index (χ4n) is 3.32. The number of aliphatic imine (C=N–C) groups is 1. The maximum atomic E-state index is 12.9. The Kier molecular flexibility index (Phi) is 5.47. The molecule has 2 aliphatic heterocycles. The van der Waals surface area contributed by atoms with Gasteiger partial charge in [-0.05, 0) is 44.7 Å². The van der Waals surface area contributed by atoms with Gasteiger partial charge in [-0.15, -0.1) is 0 Å². The molecule has 1 aromatic carbocycles. The molecule has 0 radical (unpaired) electrons. The van der Waals surface area contributed by atoms with Gasteiger partial charge in [-0.3, -0.25) is 9.69 Å². The molecule has 0 unspecified atom stereocenters. The number of thioether (sulfide) groups is 1. The van der Waals surface area contributed by atoms with Gasteiger partial charge in [-0.25, -0.2) is 9.79 Å². The number of rotatable bonds is 4. The van der Waals surface area contributed by atoms with E-state index in [1.165, 1.54) is 17.3 Å². The number of carbonyl (C=O) groups excluding carboxylic acids is 2. The van der Waals surface area contributed by atoms with E-state index < -0.39 is 12.0 Å². The van der Waals surface area contributed by atoms with Gasteiger partial charge in [0.05, 0.1) is 28.7 Å². The van der Waals surface area contributed by atoms with E-state index in [9.17, 15) is 9.59 Å². The average Bonchev–Trinajstić information content (AvgIpc) is 2.87. The second-order valence-electron chi connectivity index (χ2n) is 7.54. The topological polar surface area (TPSA) is 59.0 Å². The zero-order valence-corrected chi connectivity index (χ0v) is 17.5. The van der Waals surface area contributed by atoms with Crippen LogP contribution in [-0.4, -0.2) is 33.3 Å². The molecule has 0 saturated carbocycles. The van der Waals surface area contributed by atoms with Gasteiger partial charge in [0, 0.05) is 0 Å². The van der Waals surface area contributed by atoms with Crippen molar-refractivity contribution in [1.82, 2.24) is 4.90 Å². The molecule has 2 atom stereocenters. The Balaban J connectivity index is 2.10. The van der Waals surface area contributed by atoms with Gasteiger partial charge < -0.3 is 4.74 Å². The summed E-state index contributed by atoms with van der Waals surface area (Å²) in [6, 6.07) is 7.61. The van der Waals surface area contributed by atoms with Crippen molar-refractivity contribution in [3.05, 3.63) is 46.7 Å². The molecule has 1 fully saturated rings. The number of ether oxygens (including phenoxy) is 1. The van der Waals surface area contributed by atoms with E-state index in [0.29, 0.717) is 22.4 Å². The number of amidine groups is 1. The van der Waals surface area contributed by atoms with Crippen molar-refractivity contribution in [2.45, 2.75) is 64.9 Å². The fourth-order valence-corrected chi connectivity index (χ4v) is 4.35. The molecule has 2 aliphatic rings. The van der Waals surface area contributed by atoms with E-state index in [4.69, 9.17) is 4.74 Å². The Bertz CT molecular complexity index is 824. The number of amides is 1. The molecule has 3 rings (SSSR count). The van der Waals surface area contributed by atoms with Gasteiger partial charge in [-0.1, -0.05) is 49.9 Å². The van der Waals surface area contributed by atoms with Gasteiger partial charge in [0.2, 0.25) is 5.91 Å². The minimum Gasteiger partial charge on any atom is -0.459 e. The van der Waals surface area contributed by atoms with Crippen molar-refractivity contribution in [1.29, 1.82) is 0 Å². The van der Waals surface area contributed by atoms with E-state index in [1.807, 2.05) is 39.8 Å². The Hall–Kier alpha value is -2.08. The summed E-state index contributed by atoms with van der Waals surface area (Å²) in [5.74, 6) is -0.0335. The van der Waals surface area contributed by atoms with Crippen LogP contribution in [0.1, 0.15) is 64.6 Å². The number of hydrogen-bond acceptors (Lipinski definition) is 5. The molecule has 144 valence electrons. The van der Waals surface area contributed by atoms with Gasteiger partial charge in [0.1, 0.15) is 0 Å². The zero-order chi connectivity index (χ0) is 19.9. The molecule has 27 heavy (non-hydrogen) atoms. The summed E-state index contributed by atoms with van der Waals surface area (Å²) in [5, 5.41) is 0.443. The second kappa shape index (κ2) is 7.50. The molecule has 0 aromatic heterocycles. The van der Waals surface area contributed by atoms with Crippen molar-refractivity contribution >= 4 is 28.8 Å². The van der Waals surface area contributed by atoms with Crippen LogP contribution in [0.5, 0.6) is 0 Å². The van der Waals surface area contributed by atoms with E-state index in [-0.39, 0.29) is 17.3 Å². The lowest BCUT2D eigenvalue weighted by molar-refractivity contribution is -0.143. The molecule has 0 bridgehead atoms. The van der Waals surface area contributed by atoms with Crippen molar-refractivity contribution in [2.24, 2.45) is 4.99 Å². The number of nitrogens with zero attached hydrogens (tertiary/aromatic N) is 2. The van der Waals surface area contributed by atoms with Crippen molar-refractivity contribution in [2.75, 3.05) is 0 Å². The first-order chi connectivity index (χ1) is 12.7. The molecule has 1 aromatic rings. The molecule has 1 amide bonds. The average molecular weight is 387 g/mol. The molecule has 2 heterocycles. The van der Waals surface area contributed by atoms with Crippen LogP contribution < -0.4 is 0 Å². The van der Waals surface area contributed by atoms with Crippen LogP contribution in [0, 0.1) is 0 Å². The molecule has 0 aliphatic carbocycles. The highest BCUT2D eigenvalue weighted by atomic mass is 32.2. The normalized spacial score (nSPS) is 22.4. The predicted octanol–water partition coefficient (Wildman–Crippen LogP) is 4.41. The highest BCUT2D eigenvalue weighted by Crippen LogP contribution is 2.43. The Morgan fingerprint density at radius 2 is 1.81 bits per heavy atom. The summed E-state index contributed by atoms with van der Waals surface area (Å²) in [4.78, 5) is 31.9. The van der Waals surface area contributed by atoms with Crippen LogP contribution in [0.15, 0.2) is 40.5 Å². The molecule has 0 N–H and O–H groups in total. The maximum absolute atomic E-state index is 12.9. The molecular formula is C21H26N2O3S. The summed E-state index contributed by atoms with van der Waals surface area (Å²) in [6.45, 7) is 11.6. The summed E-state index contributed by atoms with van der Waals surface area (Å²) in [7, 11) is 0. The number of fused-ring (bicyclic) bond motifs is 1. The Morgan fingerprint density at radius 1 is 1.19 bits per heavy atom. The SMILES string of the molecule is CC1=C(C(=O)OC(C)C)[C@@H](c2ccc(C(C)C)cc2)N2C(=O)[C@H](C)SC2=N1. The first-order valence-corrected chi connectivity index (χ1v) is 10.2. The minimum absolute atomic E-state index is 0.0287. The highest BCUT2D eigenvalue weighted by molar-refractivity contribution is 8.15. The summed E-state index contributed by atoms with van der Waals surface area (Å²) < 4.78 is 5.47. The Morgan fingerprint density at radius 3 is 2.37 bits per heavy atom. The van der Waals surface area contributed by atoms with Crippen LogP contribution in [0.2, 0.25) is 0 Å². The quantitative estimate of drug-likeness (QED) is 0.719. The number of allylic oxidation sites excluding steroid dienone is 1. The molecule has 6 heteroatoms. The van der Waals surface area contributed by atoms with Gasteiger partial charge in [-0.2, -0.15) is 0 Å². The third-order valence-corrected chi connectivity index (χ3v) is 5.79. The van der Waals surface area contributed by atoms with E-state index >= 15 is 0 Å². The third-order valence-electron chi connectivity index (χ3n) is 4.74. The number of carbonyl (C=O) groups is 2. The lowest BCUT2D eigenvalue weighted by atomic mass is 9.92. The maximum Gasteiger partial charge on any atom is 0.338 e. The van der Waals surface area contributed by atoms with Crippen LogP contribution in [0.25, 0.3) is 0 Å².